The fraction of sp³-hybridized carbons (Fsp3) is 0.227. The molecule has 2 amide bonds. The minimum Gasteiger partial charge on any atom is -0.463 e. The van der Waals surface area contributed by atoms with Crippen molar-refractivity contribution in [3.8, 4) is 6.07 Å². The SMILES string of the molecule is CCOC(=O)C1=C(C)N(c2cccc(C(F)(F)F)c2)C(=O)N[C@H]1c1ccc(C#N)cc1. The van der Waals surface area contributed by atoms with Crippen LogP contribution < -0.4 is 10.2 Å². The van der Waals surface area contributed by atoms with Gasteiger partial charge >= 0.3 is 18.2 Å². The summed E-state index contributed by atoms with van der Waals surface area (Å²) in [6, 6.07) is 10.9. The van der Waals surface area contributed by atoms with E-state index in [0.29, 0.717) is 11.1 Å². The lowest BCUT2D eigenvalue weighted by Gasteiger charge is -2.35. The van der Waals surface area contributed by atoms with Crippen molar-refractivity contribution in [3.63, 3.8) is 0 Å². The highest BCUT2D eigenvalue weighted by atomic mass is 19.4. The lowest BCUT2D eigenvalue weighted by molar-refractivity contribution is -0.139. The zero-order valence-corrected chi connectivity index (χ0v) is 16.7. The molecule has 1 aliphatic rings. The van der Waals surface area contributed by atoms with Crippen molar-refractivity contribution in [2.45, 2.75) is 26.1 Å². The van der Waals surface area contributed by atoms with E-state index >= 15 is 0 Å². The molecule has 0 fully saturated rings. The van der Waals surface area contributed by atoms with E-state index in [9.17, 15) is 22.8 Å². The van der Waals surface area contributed by atoms with Gasteiger partial charge in [0.2, 0.25) is 0 Å². The number of nitriles is 1. The van der Waals surface area contributed by atoms with E-state index in [-0.39, 0.29) is 23.6 Å². The second-order valence-electron chi connectivity index (χ2n) is 6.72. The van der Waals surface area contributed by atoms with Crippen LogP contribution >= 0.6 is 0 Å². The van der Waals surface area contributed by atoms with Crippen LogP contribution in [0.2, 0.25) is 0 Å². The molecule has 0 bridgehead atoms. The standard InChI is InChI=1S/C22H18F3N3O3/c1-3-31-20(29)18-13(2)28(17-6-4-5-16(11-17)22(23,24)25)21(30)27-19(18)15-9-7-14(12-26)8-10-15/h4-11,19H,3H2,1-2H3,(H,27,30)/t19-/m0/s1. The number of rotatable bonds is 4. The lowest BCUT2D eigenvalue weighted by atomic mass is 9.94. The molecule has 1 atom stereocenters. The Balaban J connectivity index is 2.13. The summed E-state index contributed by atoms with van der Waals surface area (Å²) in [5.74, 6) is -0.702. The molecule has 2 aromatic carbocycles. The number of carbonyl (C=O) groups is 2. The number of anilines is 1. The Morgan fingerprint density at radius 1 is 1.23 bits per heavy atom. The number of hydrogen-bond acceptors (Lipinski definition) is 4. The molecule has 6 nitrogen and oxygen atoms in total. The molecule has 2 aromatic rings. The first kappa shape index (κ1) is 21.9. The summed E-state index contributed by atoms with van der Waals surface area (Å²) in [6.45, 7) is 3.17. The van der Waals surface area contributed by atoms with Crippen LogP contribution in [0.5, 0.6) is 0 Å². The molecule has 3 rings (SSSR count). The average Bonchev–Trinajstić information content (AvgIpc) is 2.73. The van der Waals surface area contributed by atoms with E-state index in [0.717, 1.165) is 17.0 Å². The molecule has 0 aromatic heterocycles. The number of ether oxygens (including phenoxy) is 1. The normalized spacial score (nSPS) is 16.6. The van der Waals surface area contributed by atoms with Crippen LogP contribution in [0.4, 0.5) is 23.7 Å². The molecule has 1 N–H and O–H groups in total. The predicted octanol–water partition coefficient (Wildman–Crippen LogP) is 4.69. The quantitative estimate of drug-likeness (QED) is 0.715. The second kappa shape index (κ2) is 8.52. The summed E-state index contributed by atoms with van der Waals surface area (Å²) in [4.78, 5) is 26.6. The fourth-order valence-electron chi connectivity index (χ4n) is 3.35. The highest BCUT2D eigenvalue weighted by Crippen LogP contribution is 2.37. The van der Waals surface area contributed by atoms with Gasteiger partial charge in [-0.25, -0.2) is 9.59 Å². The van der Waals surface area contributed by atoms with Gasteiger partial charge < -0.3 is 10.1 Å². The van der Waals surface area contributed by atoms with Crippen LogP contribution in [-0.2, 0) is 15.7 Å². The number of benzene rings is 2. The van der Waals surface area contributed by atoms with Crippen LogP contribution in [0, 0.1) is 11.3 Å². The van der Waals surface area contributed by atoms with Crippen molar-refractivity contribution in [3.05, 3.63) is 76.5 Å². The third-order valence-electron chi connectivity index (χ3n) is 4.78. The van der Waals surface area contributed by atoms with E-state index in [4.69, 9.17) is 10.00 Å². The fourth-order valence-corrected chi connectivity index (χ4v) is 3.35. The van der Waals surface area contributed by atoms with E-state index in [2.05, 4.69) is 5.32 Å². The molecular formula is C22H18F3N3O3. The van der Waals surface area contributed by atoms with Gasteiger partial charge in [-0.15, -0.1) is 0 Å². The van der Waals surface area contributed by atoms with Crippen molar-refractivity contribution < 1.29 is 27.5 Å². The molecule has 0 spiro atoms. The van der Waals surface area contributed by atoms with E-state index in [1.807, 2.05) is 6.07 Å². The topological polar surface area (TPSA) is 82.4 Å². The van der Waals surface area contributed by atoms with Gasteiger partial charge in [-0.1, -0.05) is 18.2 Å². The Morgan fingerprint density at radius 2 is 1.90 bits per heavy atom. The largest absolute Gasteiger partial charge is 0.463 e. The molecule has 1 aliphatic heterocycles. The van der Waals surface area contributed by atoms with Crippen molar-refractivity contribution in [2.75, 3.05) is 11.5 Å². The summed E-state index contributed by atoms with van der Waals surface area (Å²) in [5.41, 5.74) is 0.204. The summed E-state index contributed by atoms with van der Waals surface area (Å²) in [5, 5.41) is 11.6. The third-order valence-corrected chi connectivity index (χ3v) is 4.78. The number of nitrogens with zero attached hydrogens (tertiary/aromatic N) is 2. The number of nitrogens with one attached hydrogen (secondary N) is 1. The van der Waals surface area contributed by atoms with Gasteiger partial charge in [0.1, 0.15) is 0 Å². The molecule has 0 unspecified atom stereocenters. The van der Waals surface area contributed by atoms with Gasteiger partial charge in [-0.05, 0) is 49.7 Å². The van der Waals surface area contributed by atoms with Crippen molar-refractivity contribution in [1.82, 2.24) is 5.32 Å². The van der Waals surface area contributed by atoms with E-state index in [1.54, 1.807) is 31.2 Å². The number of alkyl halides is 3. The van der Waals surface area contributed by atoms with Crippen LogP contribution in [0.3, 0.4) is 0 Å². The number of urea groups is 1. The van der Waals surface area contributed by atoms with Gasteiger partial charge in [-0.2, -0.15) is 18.4 Å². The lowest BCUT2D eigenvalue weighted by Crippen LogP contribution is -2.48. The van der Waals surface area contributed by atoms with Crippen LogP contribution in [0.15, 0.2) is 59.8 Å². The van der Waals surface area contributed by atoms with Gasteiger partial charge in [-0.3, -0.25) is 4.90 Å². The summed E-state index contributed by atoms with van der Waals surface area (Å²) < 4.78 is 44.6. The molecule has 0 saturated carbocycles. The van der Waals surface area contributed by atoms with Crippen LogP contribution in [0.1, 0.15) is 36.6 Å². The monoisotopic (exact) mass is 429 g/mol. The van der Waals surface area contributed by atoms with Gasteiger partial charge in [0, 0.05) is 5.70 Å². The molecule has 160 valence electrons. The maximum Gasteiger partial charge on any atom is 0.416 e. The van der Waals surface area contributed by atoms with Crippen molar-refractivity contribution in [2.24, 2.45) is 0 Å². The number of amides is 2. The summed E-state index contributed by atoms with van der Waals surface area (Å²) in [6.07, 6.45) is -4.59. The molecular weight excluding hydrogens is 411 g/mol. The van der Waals surface area contributed by atoms with Gasteiger partial charge in [0.15, 0.2) is 0 Å². The van der Waals surface area contributed by atoms with Crippen molar-refractivity contribution >= 4 is 17.7 Å². The number of halogens is 3. The first-order valence-corrected chi connectivity index (χ1v) is 9.33. The summed E-state index contributed by atoms with van der Waals surface area (Å²) in [7, 11) is 0. The average molecular weight is 429 g/mol. The Morgan fingerprint density at radius 3 is 2.48 bits per heavy atom. The highest BCUT2D eigenvalue weighted by Gasteiger charge is 2.38. The number of carbonyl (C=O) groups excluding carboxylic acids is 2. The zero-order valence-electron chi connectivity index (χ0n) is 16.7. The third kappa shape index (κ3) is 4.38. The number of esters is 1. The smallest absolute Gasteiger partial charge is 0.416 e. The first-order valence-electron chi connectivity index (χ1n) is 9.33. The Kier molecular flexibility index (Phi) is 6.02. The highest BCUT2D eigenvalue weighted by molar-refractivity contribution is 6.03. The Bertz CT molecular complexity index is 1090. The van der Waals surface area contributed by atoms with Crippen LogP contribution in [-0.4, -0.2) is 18.6 Å². The van der Waals surface area contributed by atoms with Gasteiger partial charge in [0.05, 0.1) is 41.1 Å². The molecule has 0 radical (unpaired) electrons. The Labute approximate surface area is 176 Å². The molecule has 9 heteroatoms. The Hall–Kier alpha value is -3.80. The van der Waals surface area contributed by atoms with Crippen LogP contribution in [0.25, 0.3) is 0 Å². The zero-order chi connectivity index (χ0) is 22.8. The maximum absolute atomic E-state index is 13.2. The minimum atomic E-state index is -4.59. The minimum absolute atomic E-state index is 0.0371. The summed E-state index contributed by atoms with van der Waals surface area (Å²) >= 11 is 0. The van der Waals surface area contributed by atoms with Gasteiger partial charge in [0.25, 0.3) is 0 Å². The second-order valence-corrected chi connectivity index (χ2v) is 6.72. The predicted molar refractivity (Wildman–Crippen MR) is 106 cm³/mol. The van der Waals surface area contributed by atoms with Crippen molar-refractivity contribution in [1.29, 1.82) is 5.26 Å². The number of hydrogen-bond donors (Lipinski definition) is 1. The first-order chi connectivity index (χ1) is 14.7. The molecule has 31 heavy (non-hydrogen) atoms. The van der Waals surface area contributed by atoms with E-state index < -0.39 is 29.8 Å². The molecule has 0 saturated heterocycles. The van der Waals surface area contributed by atoms with E-state index in [1.165, 1.54) is 19.1 Å². The number of allylic oxidation sites excluding steroid dienone is 1. The maximum atomic E-state index is 13.2. The molecule has 1 heterocycles. The molecule has 0 aliphatic carbocycles.